The van der Waals surface area contributed by atoms with Crippen LogP contribution in [0.5, 0.6) is 0 Å². The van der Waals surface area contributed by atoms with Gasteiger partial charge in [0.1, 0.15) is 0 Å². The average molecular weight is 287 g/mol. The van der Waals surface area contributed by atoms with Crippen LogP contribution in [0.2, 0.25) is 0 Å². The van der Waals surface area contributed by atoms with Gasteiger partial charge in [0, 0.05) is 26.7 Å². The molecule has 2 rings (SSSR count). The van der Waals surface area contributed by atoms with Crippen LogP contribution in [0.25, 0.3) is 0 Å². The van der Waals surface area contributed by atoms with Gasteiger partial charge in [-0.05, 0) is 6.42 Å². The second kappa shape index (κ2) is 6.25. The van der Waals surface area contributed by atoms with Gasteiger partial charge in [-0.2, -0.15) is 0 Å². The molecule has 1 unspecified atom stereocenters. The minimum atomic E-state index is -0.198. The van der Waals surface area contributed by atoms with Gasteiger partial charge in [-0.15, -0.1) is 0 Å². The lowest BCUT2D eigenvalue weighted by Crippen LogP contribution is -2.44. The third kappa shape index (κ3) is 3.19. The highest BCUT2D eigenvalue weighted by atomic mass is 32.2. The van der Waals surface area contributed by atoms with Gasteiger partial charge < -0.3 is 15.0 Å². The molecule has 0 aromatic rings. The zero-order valence-corrected chi connectivity index (χ0v) is 11.6. The number of carbonyl (C=O) groups is 3. The minimum absolute atomic E-state index is 0.151. The molecule has 7 nitrogen and oxygen atoms in total. The van der Waals surface area contributed by atoms with Gasteiger partial charge in [-0.3, -0.25) is 14.5 Å². The normalized spacial score (nSPS) is 23.3. The van der Waals surface area contributed by atoms with Crippen molar-refractivity contribution in [2.75, 3.05) is 39.1 Å². The largest absolute Gasteiger partial charge is 0.383 e. The number of urea groups is 1. The number of nitrogens with one attached hydrogen (secondary N) is 1. The lowest BCUT2D eigenvalue weighted by atomic mass is 10.2. The number of carbonyl (C=O) groups excluding carboxylic acids is 3. The molecule has 19 heavy (non-hydrogen) atoms. The molecule has 0 bridgehead atoms. The molecular formula is C11H17N3O4S. The maximum absolute atomic E-state index is 11.8. The van der Waals surface area contributed by atoms with Crippen molar-refractivity contribution in [2.45, 2.75) is 12.5 Å². The molecule has 1 N–H and O–H groups in total. The molecule has 0 aromatic carbocycles. The molecule has 2 aliphatic heterocycles. The molecule has 106 valence electrons. The maximum Gasteiger partial charge on any atom is 0.317 e. The number of hydrogen-bond donors (Lipinski definition) is 1. The lowest BCUT2D eigenvalue weighted by Gasteiger charge is -2.22. The van der Waals surface area contributed by atoms with Crippen LogP contribution < -0.4 is 5.32 Å². The van der Waals surface area contributed by atoms with E-state index in [2.05, 4.69) is 5.32 Å². The highest BCUT2D eigenvalue weighted by molar-refractivity contribution is 8.14. The van der Waals surface area contributed by atoms with Crippen LogP contribution in [0.1, 0.15) is 6.42 Å². The zero-order valence-electron chi connectivity index (χ0n) is 10.8. The Kier molecular flexibility index (Phi) is 4.65. The predicted octanol–water partition coefficient (Wildman–Crippen LogP) is 0.112. The van der Waals surface area contributed by atoms with Crippen molar-refractivity contribution in [3.8, 4) is 0 Å². The summed E-state index contributed by atoms with van der Waals surface area (Å²) in [6.07, 6.45) is 0.649. The van der Waals surface area contributed by atoms with E-state index in [4.69, 9.17) is 4.74 Å². The van der Waals surface area contributed by atoms with Crippen molar-refractivity contribution >= 4 is 28.9 Å². The molecule has 0 aromatic heterocycles. The van der Waals surface area contributed by atoms with E-state index in [1.807, 2.05) is 0 Å². The third-order valence-corrected chi connectivity index (χ3v) is 4.02. The quantitative estimate of drug-likeness (QED) is 0.743. The van der Waals surface area contributed by atoms with Gasteiger partial charge in [-0.1, -0.05) is 11.8 Å². The summed E-state index contributed by atoms with van der Waals surface area (Å²) in [6, 6.07) is -0.352. The SMILES string of the molecule is COCCNC(=O)N1CCC(N2C(=O)CSC2=O)C1. The standard InChI is InChI=1S/C11H17N3O4S/c1-18-5-3-12-10(16)13-4-2-8(6-13)14-9(15)7-19-11(14)17/h8H,2-7H2,1H3,(H,12,16). The first-order valence-corrected chi connectivity index (χ1v) is 7.12. The molecule has 4 amide bonds. The second-order valence-corrected chi connectivity index (χ2v) is 5.36. The van der Waals surface area contributed by atoms with E-state index in [1.54, 1.807) is 12.0 Å². The van der Waals surface area contributed by atoms with E-state index in [0.717, 1.165) is 11.8 Å². The predicted molar refractivity (Wildman–Crippen MR) is 70.0 cm³/mol. The van der Waals surface area contributed by atoms with Crippen molar-refractivity contribution in [3.05, 3.63) is 0 Å². The fraction of sp³-hybridized carbons (Fsp3) is 0.727. The second-order valence-electron chi connectivity index (χ2n) is 4.43. The fourth-order valence-electron chi connectivity index (χ4n) is 2.23. The van der Waals surface area contributed by atoms with Gasteiger partial charge in [0.2, 0.25) is 5.91 Å². The summed E-state index contributed by atoms with van der Waals surface area (Å²) in [5, 5.41) is 2.53. The first kappa shape index (κ1) is 14.1. The van der Waals surface area contributed by atoms with Crippen LogP contribution in [-0.2, 0) is 9.53 Å². The van der Waals surface area contributed by atoms with Gasteiger partial charge in [0.05, 0.1) is 18.4 Å². The van der Waals surface area contributed by atoms with E-state index in [1.165, 1.54) is 4.90 Å². The summed E-state index contributed by atoms with van der Waals surface area (Å²) in [7, 11) is 1.57. The zero-order chi connectivity index (χ0) is 13.8. The van der Waals surface area contributed by atoms with Gasteiger partial charge in [0.25, 0.3) is 5.24 Å². The van der Waals surface area contributed by atoms with E-state index < -0.39 is 0 Å². The monoisotopic (exact) mass is 287 g/mol. The Morgan fingerprint density at radius 1 is 1.53 bits per heavy atom. The number of nitrogens with zero attached hydrogens (tertiary/aromatic N) is 2. The smallest absolute Gasteiger partial charge is 0.317 e. The van der Waals surface area contributed by atoms with Gasteiger partial charge in [-0.25, -0.2) is 4.79 Å². The number of rotatable bonds is 4. The Morgan fingerprint density at radius 3 is 2.95 bits per heavy atom. The molecule has 2 fully saturated rings. The maximum atomic E-state index is 11.8. The van der Waals surface area contributed by atoms with Crippen LogP contribution in [0.15, 0.2) is 0 Å². The molecule has 0 saturated carbocycles. The lowest BCUT2D eigenvalue weighted by molar-refractivity contribution is -0.126. The Morgan fingerprint density at radius 2 is 2.32 bits per heavy atom. The van der Waals surface area contributed by atoms with Crippen molar-refractivity contribution in [2.24, 2.45) is 0 Å². The van der Waals surface area contributed by atoms with E-state index in [9.17, 15) is 14.4 Å². The summed E-state index contributed by atoms with van der Waals surface area (Å²) in [5.41, 5.74) is 0. The number of hydrogen-bond acceptors (Lipinski definition) is 5. The Bertz CT molecular complexity index is 374. The summed E-state index contributed by atoms with van der Waals surface area (Å²) in [5.74, 6) is 0.0664. The molecule has 2 saturated heterocycles. The Hall–Kier alpha value is -1.28. The van der Waals surface area contributed by atoms with Gasteiger partial charge >= 0.3 is 6.03 Å². The summed E-state index contributed by atoms with van der Waals surface area (Å²) in [4.78, 5) is 37.9. The highest BCUT2D eigenvalue weighted by Gasteiger charge is 2.40. The van der Waals surface area contributed by atoms with Crippen LogP contribution in [0.4, 0.5) is 9.59 Å². The van der Waals surface area contributed by atoms with Crippen molar-refractivity contribution in [1.29, 1.82) is 0 Å². The first-order valence-electron chi connectivity index (χ1n) is 6.14. The minimum Gasteiger partial charge on any atom is -0.383 e. The number of methoxy groups -OCH3 is 1. The molecular weight excluding hydrogens is 270 g/mol. The summed E-state index contributed by atoms with van der Waals surface area (Å²) < 4.78 is 4.85. The number of thioether (sulfide) groups is 1. The molecule has 0 radical (unpaired) electrons. The first-order chi connectivity index (χ1) is 9.13. The molecule has 2 heterocycles. The molecule has 0 spiro atoms. The molecule has 2 aliphatic rings. The summed E-state index contributed by atoms with van der Waals surface area (Å²) in [6.45, 7) is 1.89. The van der Waals surface area contributed by atoms with Crippen LogP contribution in [-0.4, -0.2) is 72.1 Å². The van der Waals surface area contributed by atoms with Crippen molar-refractivity contribution in [1.82, 2.24) is 15.1 Å². The van der Waals surface area contributed by atoms with Crippen LogP contribution in [0, 0.1) is 0 Å². The fourth-order valence-corrected chi connectivity index (χ4v) is 3.00. The molecule has 0 aliphatic carbocycles. The third-order valence-electron chi connectivity index (χ3n) is 3.18. The molecule has 8 heteroatoms. The van der Waals surface area contributed by atoms with E-state index in [-0.39, 0.29) is 29.0 Å². The summed E-state index contributed by atoms with van der Waals surface area (Å²) >= 11 is 1.03. The average Bonchev–Trinajstić information content (AvgIpc) is 2.97. The highest BCUT2D eigenvalue weighted by Crippen LogP contribution is 2.26. The van der Waals surface area contributed by atoms with Crippen LogP contribution in [0.3, 0.4) is 0 Å². The topological polar surface area (TPSA) is 79.0 Å². The molecule has 1 atom stereocenters. The van der Waals surface area contributed by atoms with Crippen molar-refractivity contribution < 1.29 is 19.1 Å². The van der Waals surface area contributed by atoms with Crippen molar-refractivity contribution in [3.63, 3.8) is 0 Å². The van der Waals surface area contributed by atoms with Gasteiger partial charge in [0.15, 0.2) is 0 Å². The van der Waals surface area contributed by atoms with E-state index >= 15 is 0 Å². The Labute approximate surface area is 115 Å². The number of likely N-dealkylation sites (tertiary alicyclic amines) is 1. The van der Waals surface area contributed by atoms with Crippen LogP contribution >= 0.6 is 11.8 Å². The number of ether oxygens (including phenoxy) is 1. The van der Waals surface area contributed by atoms with E-state index in [0.29, 0.717) is 32.7 Å². The number of imide groups is 1. The number of amides is 4. The Balaban J connectivity index is 1.84.